The molecular weight excluding hydrogens is 294 g/mol. The van der Waals surface area contributed by atoms with Gasteiger partial charge in [0, 0.05) is 30.3 Å². The Kier molecular flexibility index (Phi) is 4.22. The first-order valence-electron chi connectivity index (χ1n) is 6.30. The van der Waals surface area contributed by atoms with Crippen LogP contribution in [0, 0.1) is 0 Å². The molecule has 98 valence electrons. The number of amides is 1. The third-order valence-corrected chi connectivity index (χ3v) is 3.48. The monoisotopic (exact) mass is 311 g/mol. The zero-order chi connectivity index (χ0) is 13.1. The van der Waals surface area contributed by atoms with E-state index in [1.54, 1.807) is 6.20 Å². The van der Waals surface area contributed by atoms with Crippen LogP contribution >= 0.6 is 15.9 Å². The van der Waals surface area contributed by atoms with E-state index in [4.69, 9.17) is 0 Å². The van der Waals surface area contributed by atoms with Crippen molar-refractivity contribution >= 4 is 27.7 Å². The van der Waals surface area contributed by atoms with Crippen molar-refractivity contribution in [1.82, 2.24) is 9.88 Å². The minimum Gasteiger partial charge on any atom is -0.369 e. The number of pyridine rings is 1. The molecule has 0 aliphatic heterocycles. The van der Waals surface area contributed by atoms with Crippen LogP contribution in [0.1, 0.15) is 36.5 Å². The van der Waals surface area contributed by atoms with Crippen LogP contribution in [0.5, 0.6) is 0 Å². The Bertz CT molecular complexity index is 446. The predicted octanol–water partition coefficient (Wildman–Crippen LogP) is 2.90. The summed E-state index contributed by atoms with van der Waals surface area (Å²) in [4.78, 5) is 18.5. The van der Waals surface area contributed by atoms with Crippen LogP contribution in [-0.4, -0.2) is 35.4 Å². The van der Waals surface area contributed by atoms with Gasteiger partial charge in [-0.25, -0.2) is 4.98 Å². The van der Waals surface area contributed by atoms with Gasteiger partial charge in [0.1, 0.15) is 5.82 Å². The van der Waals surface area contributed by atoms with E-state index >= 15 is 0 Å². The van der Waals surface area contributed by atoms with E-state index in [1.165, 1.54) is 0 Å². The fourth-order valence-corrected chi connectivity index (χ4v) is 2.14. The summed E-state index contributed by atoms with van der Waals surface area (Å²) >= 11 is 3.37. The molecule has 5 heteroatoms. The van der Waals surface area contributed by atoms with Crippen molar-refractivity contribution in [2.24, 2.45) is 0 Å². The highest BCUT2D eigenvalue weighted by Crippen LogP contribution is 2.28. The van der Waals surface area contributed by atoms with Crippen LogP contribution in [-0.2, 0) is 0 Å². The SMILES string of the molecule is CCCNc1ncc(Br)cc1C(=O)N(C)C1CC1. The summed E-state index contributed by atoms with van der Waals surface area (Å²) in [7, 11) is 1.87. The summed E-state index contributed by atoms with van der Waals surface area (Å²) in [6.45, 7) is 2.91. The minimum absolute atomic E-state index is 0.0462. The lowest BCUT2D eigenvalue weighted by molar-refractivity contribution is 0.0785. The topological polar surface area (TPSA) is 45.2 Å². The predicted molar refractivity (Wildman–Crippen MR) is 75.8 cm³/mol. The molecular formula is C13H18BrN3O. The minimum atomic E-state index is 0.0462. The highest BCUT2D eigenvalue weighted by molar-refractivity contribution is 9.10. The number of nitrogens with zero attached hydrogens (tertiary/aromatic N) is 2. The third-order valence-electron chi connectivity index (χ3n) is 3.04. The first kappa shape index (κ1) is 13.3. The molecule has 1 fully saturated rings. The van der Waals surface area contributed by atoms with E-state index in [-0.39, 0.29) is 5.91 Å². The van der Waals surface area contributed by atoms with Gasteiger partial charge in [-0.3, -0.25) is 4.79 Å². The van der Waals surface area contributed by atoms with Crippen molar-refractivity contribution in [2.75, 3.05) is 18.9 Å². The maximum Gasteiger partial charge on any atom is 0.257 e. The van der Waals surface area contributed by atoms with Gasteiger partial charge < -0.3 is 10.2 Å². The first-order chi connectivity index (χ1) is 8.63. The molecule has 1 aromatic heterocycles. The van der Waals surface area contributed by atoms with Gasteiger partial charge in [-0.05, 0) is 41.3 Å². The summed E-state index contributed by atoms with van der Waals surface area (Å²) in [5.74, 6) is 0.724. The summed E-state index contributed by atoms with van der Waals surface area (Å²) in [6, 6.07) is 2.25. The summed E-state index contributed by atoms with van der Waals surface area (Å²) in [6.07, 6.45) is 4.94. The maximum atomic E-state index is 12.4. The van der Waals surface area contributed by atoms with Gasteiger partial charge in [0.2, 0.25) is 0 Å². The van der Waals surface area contributed by atoms with Gasteiger partial charge in [0.05, 0.1) is 5.56 Å². The van der Waals surface area contributed by atoms with E-state index in [0.717, 1.165) is 30.3 Å². The number of halogens is 1. The van der Waals surface area contributed by atoms with Crippen LogP contribution in [0.25, 0.3) is 0 Å². The van der Waals surface area contributed by atoms with Crippen molar-refractivity contribution in [1.29, 1.82) is 0 Å². The average molecular weight is 312 g/mol. The van der Waals surface area contributed by atoms with E-state index in [1.807, 2.05) is 18.0 Å². The molecule has 0 aromatic carbocycles. The first-order valence-corrected chi connectivity index (χ1v) is 7.09. The number of carbonyl (C=O) groups excluding carboxylic acids is 1. The van der Waals surface area contributed by atoms with Crippen LogP contribution in [0.4, 0.5) is 5.82 Å². The second-order valence-corrected chi connectivity index (χ2v) is 5.54. The molecule has 0 atom stereocenters. The van der Waals surface area contributed by atoms with Crippen molar-refractivity contribution in [3.8, 4) is 0 Å². The molecule has 1 aliphatic rings. The normalized spacial score (nSPS) is 14.4. The van der Waals surface area contributed by atoms with Crippen LogP contribution in [0.15, 0.2) is 16.7 Å². The van der Waals surface area contributed by atoms with Gasteiger partial charge in [0.15, 0.2) is 0 Å². The highest BCUT2D eigenvalue weighted by Gasteiger charge is 2.31. The van der Waals surface area contributed by atoms with Gasteiger partial charge in [-0.1, -0.05) is 6.92 Å². The van der Waals surface area contributed by atoms with Crippen molar-refractivity contribution in [2.45, 2.75) is 32.2 Å². The Labute approximate surface area is 116 Å². The largest absolute Gasteiger partial charge is 0.369 e. The molecule has 0 unspecified atom stereocenters. The molecule has 1 saturated carbocycles. The zero-order valence-corrected chi connectivity index (χ0v) is 12.3. The Balaban J connectivity index is 2.22. The third kappa shape index (κ3) is 3.02. The zero-order valence-electron chi connectivity index (χ0n) is 10.7. The molecule has 18 heavy (non-hydrogen) atoms. The summed E-state index contributed by atoms with van der Waals surface area (Å²) in [5, 5.41) is 3.21. The van der Waals surface area contributed by atoms with Gasteiger partial charge >= 0.3 is 0 Å². The van der Waals surface area contributed by atoms with E-state index in [0.29, 0.717) is 17.4 Å². The molecule has 1 amide bonds. The maximum absolute atomic E-state index is 12.4. The van der Waals surface area contributed by atoms with E-state index in [9.17, 15) is 4.79 Å². The molecule has 1 aliphatic carbocycles. The second-order valence-electron chi connectivity index (χ2n) is 4.62. The molecule has 0 bridgehead atoms. The molecule has 1 N–H and O–H groups in total. The molecule has 0 saturated heterocycles. The number of rotatable bonds is 5. The fourth-order valence-electron chi connectivity index (χ4n) is 1.80. The highest BCUT2D eigenvalue weighted by atomic mass is 79.9. The van der Waals surface area contributed by atoms with E-state index < -0.39 is 0 Å². The van der Waals surface area contributed by atoms with Gasteiger partial charge in [-0.15, -0.1) is 0 Å². The molecule has 1 heterocycles. The Morgan fingerprint density at radius 1 is 1.61 bits per heavy atom. The molecule has 0 spiro atoms. The lowest BCUT2D eigenvalue weighted by atomic mass is 10.2. The number of carbonyl (C=O) groups is 1. The molecule has 0 radical (unpaired) electrons. The Morgan fingerprint density at radius 2 is 2.33 bits per heavy atom. The van der Waals surface area contributed by atoms with Crippen LogP contribution < -0.4 is 5.32 Å². The second kappa shape index (κ2) is 5.69. The summed E-state index contributed by atoms with van der Waals surface area (Å²) in [5.41, 5.74) is 0.646. The van der Waals surface area contributed by atoms with Crippen LogP contribution in [0.2, 0.25) is 0 Å². The number of hydrogen-bond acceptors (Lipinski definition) is 3. The number of anilines is 1. The Morgan fingerprint density at radius 3 is 2.94 bits per heavy atom. The summed E-state index contributed by atoms with van der Waals surface area (Å²) < 4.78 is 0.831. The van der Waals surface area contributed by atoms with Crippen molar-refractivity contribution in [3.05, 3.63) is 22.3 Å². The number of hydrogen-bond donors (Lipinski definition) is 1. The van der Waals surface area contributed by atoms with Crippen molar-refractivity contribution in [3.63, 3.8) is 0 Å². The van der Waals surface area contributed by atoms with Gasteiger partial charge in [-0.2, -0.15) is 0 Å². The average Bonchev–Trinajstić information content (AvgIpc) is 3.19. The fraction of sp³-hybridized carbons (Fsp3) is 0.538. The van der Waals surface area contributed by atoms with Crippen molar-refractivity contribution < 1.29 is 4.79 Å². The molecule has 1 aromatic rings. The lowest BCUT2D eigenvalue weighted by Crippen LogP contribution is -2.29. The lowest BCUT2D eigenvalue weighted by Gasteiger charge is -2.18. The smallest absolute Gasteiger partial charge is 0.257 e. The quantitative estimate of drug-likeness (QED) is 0.909. The number of aromatic nitrogens is 1. The molecule has 4 nitrogen and oxygen atoms in total. The van der Waals surface area contributed by atoms with Crippen LogP contribution in [0.3, 0.4) is 0 Å². The standard InChI is InChI=1S/C13H18BrN3O/c1-3-6-15-12-11(7-9(14)8-16-12)13(18)17(2)10-4-5-10/h7-8,10H,3-6H2,1-2H3,(H,15,16). The molecule has 2 rings (SSSR count). The van der Waals surface area contributed by atoms with Gasteiger partial charge in [0.25, 0.3) is 5.91 Å². The van der Waals surface area contributed by atoms with E-state index in [2.05, 4.69) is 33.2 Å². The number of nitrogens with one attached hydrogen (secondary N) is 1. The Hall–Kier alpha value is -1.10.